The summed E-state index contributed by atoms with van der Waals surface area (Å²) in [5.41, 5.74) is 8.68. The fourth-order valence-electron chi connectivity index (χ4n) is 0.806. The van der Waals surface area contributed by atoms with E-state index in [1.54, 1.807) is 0 Å². The number of H-pyrrole nitrogens is 1. The van der Waals surface area contributed by atoms with E-state index < -0.39 is 22.0 Å². The van der Waals surface area contributed by atoms with Crippen LogP contribution in [-0.2, 0) is 6.54 Å². The third-order valence-electron chi connectivity index (χ3n) is 1.35. The molecule has 0 radical (unpaired) electrons. The Bertz CT molecular complexity index is 398. The van der Waals surface area contributed by atoms with Gasteiger partial charge in [0.25, 0.3) is 0 Å². The Kier molecular flexibility index (Phi) is 2.24. The number of nitrogens with one attached hydrogen (secondary N) is 1. The van der Waals surface area contributed by atoms with Gasteiger partial charge in [-0.2, -0.15) is 0 Å². The van der Waals surface area contributed by atoms with Crippen molar-refractivity contribution in [1.82, 2.24) is 9.97 Å². The highest BCUT2D eigenvalue weighted by Gasteiger charge is 2.19. The second kappa shape index (κ2) is 3.19. The lowest BCUT2D eigenvalue weighted by molar-refractivity contribution is -0.385. The number of rotatable bonds is 2. The maximum Gasteiger partial charge on any atom is 0.375 e. The Hall–Kier alpha value is -1.96. The van der Waals surface area contributed by atoms with Gasteiger partial charge in [0.1, 0.15) is 5.82 Å². The van der Waals surface area contributed by atoms with E-state index >= 15 is 0 Å². The molecule has 5 N–H and O–H groups in total. The molecule has 0 atom stereocenters. The van der Waals surface area contributed by atoms with Crippen LogP contribution in [0, 0.1) is 10.1 Å². The van der Waals surface area contributed by atoms with Gasteiger partial charge in [-0.3, -0.25) is 14.9 Å². The quantitative estimate of drug-likeness (QED) is 0.387. The van der Waals surface area contributed by atoms with Gasteiger partial charge in [0, 0.05) is 0 Å². The topological polar surface area (TPSA) is 141 Å². The molecular formula is C5H7N5O3. The number of nitrogen functional groups attached to an aromatic ring is 1. The van der Waals surface area contributed by atoms with Crippen molar-refractivity contribution in [2.45, 2.75) is 6.54 Å². The molecule has 0 aromatic carbocycles. The second-order valence-corrected chi connectivity index (χ2v) is 2.21. The molecule has 0 aliphatic rings. The van der Waals surface area contributed by atoms with E-state index in [1.165, 1.54) is 0 Å². The molecule has 1 heterocycles. The number of nitro groups is 1. The van der Waals surface area contributed by atoms with Crippen LogP contribution in [0.4, 0.5) is 11.5 Å². The second-order valence-electron chi connectivity index (χ2n) is 2.21. The zero-order valence-electron chi connectivity index (χ0n) is 6.48. The lowest BCUT2D eigenvalue weighted by atomic mass is 10.4. The van der Waals surface area contributed by atoms with Crippen LogP contribution in [0.5, 0.6) is 0 Å². The van der Waals surface area contributed by atoms with E-state index in [4.69, 9.17) is 11.5 Å². The van der Waals surface area contributed by atoms with E-state index in [2.05, 4.69) is 9.97 Å². The molecule has 0 spiro atoms. The third-order valence-corrected chi connectivity index (χ3v) is 1.35. The predicted octanol–water partition coefficient (Wildman–Crippen LogP) is -1.28. The van der Waals surface area contributed by atoms with Crippen LogP contribution >= 0.6 is 0 Å². The van der Waals surface area contributed by atoms with Crippen molar-refractivity contribution in [1.29, 1.82) is 0 Å². The minimum atomic E-state index is -0.891. The first-order valence-corrected chi connectivity index (χ1v) is 3.29. The molecule has 1 aromatic rings. The molecular weight excluding hydrogens is 178 g/mol. The summed E-state index contributed by atoms with van der Waals surface area (Å²) in [6.45, 7) is -0.0303. The van der Waals surface area contributed by atoms with Crippen LogP contribution in [0.15, 0.2) is 4.79 Å². The van der Waals surface area contributed by atoms with Crippen molar-refractivity contribution >= 4 is 11.5 Å². The summed E-state index contributed by atoms with van der Waals surface area (Å²) >= 11 is 0. The Labute approximate surface area is 71.7 Å². The largest absolute Gasteiger partial charge is 0.378 e. The van der Waals surface area contributed by atoms with Crippen LogP contribution in [0.1, 0.15) is 5.82 Å². The molecule has 0 fully saturated rings. The highest BCUT2D eigenvalue weighted by molar-refractivity contribution is 5.49. The minimum Gasteiger partial charge on any atom is -0.378 e. The fourth-order valence-corrected chi connectivity index (χ4v) is 0.806. The van der Waals surface area contributed by atoms with Gasteiger partial charge in [0.15, 0.2) is 0 Å². The summed E-state index contributed by atoms with van der Waals surface area (Å²) in [6.07, 6.45) is 0. The minimum absolute atomic E-state index is 0.0303. The van der Waals surface area contributed by atoms with Crippen molar-refractivity contribution < 1.29 is 4.92 Å². The van der Waals surface area contributed by atoms with E-state index in [1.807, 2.05) is 0 Å². The van der Waals surface area contributed by atoms with Crippen LogP contribution in [0.25, 0.3) is 0 Å². The average Bonchev–Trinajstić information content (AvgIpc) is 2.02. The van der Waals surface area contributed by atoms with Gasteiger partial charge in [0.2, 0.25) is 5.82 Å². The summed E-state index contributed by atoms with van der Waals surface area (Å²) in [5, 5.41) is 10.3. The van der Waals surface area contributed by atoms with Gasteiger partial charge < -0.3 is 16.5 Å². The molecule has 13 heavy (non-hydrogen) atoms. The monoisotopic (exact) mass is 185 g/mol. The van der Waals surface area contributed by atoms with Gasteiger partial charge in [-0.15, -0.1) is 0 Å². The molecule has 1 rings (SSSR count). The van der Waals surface area contributed by atoms with Gasteiger partial charge >= 0.3 is 11.2 Å². The number of nitrogens with two attached hydrogens (primary N) is 2. The molecule has 0 unspecified atom stereocenters. The molecule has 0 saturated heterocycles. The molecule has 0 amide bonds. The van der Waals surface area contributed by atoms with Gasteiger partial charge in [-0.25, -0.2) is 4.98 Å². The molecule has 0 bridgehead atoms. The zero-order chi connectivity index (χ0) is 10.0. The van der Waals surface area contributed by atoms with E-state index in [0.717, 1.165) is 0 Å². The standard InChI is InChI=1S/C5H7N5O3/c6-1-2-8-4(7)3(10(12)13)5(11)9-2/h1,6H2,(H3,7,8,9,11). The fraction of sp³-hybridized carbons (Fsp3) is 0.200. The lowest BCUT2D eigenvalue weighted by Gasteiger charge is -1.98. The van der Waals surface area contributed by atoms with E-state index in [-0.39, 0.29) is 12.4 Å². The van der Waals surface area contributed by atoms with E-state index in [9.17, 15) is 14.9 Å². The number of aromatic nitrogens is 2. The first kappa shape index (κ1) is 9.13. The first-order valence-electron chi connectivity index (χ1n) is 3.29. The number of hydrogen-bond donors (Lipinski definition) is 3. The number of anilines is 1. The van der Waals surface area contributed by atoms with Crippen molar-refractivity contribution in [3.63, 3.8) is 0 Å². The molecule has 8 nitrogen and oxygen atoms in total. The maximum absolute atomic E-state index is 11.0. The molecule has 0 aliphatic carbocycles. The molecule has 8 heteroatoms. The highest BCUT2D eigenvalue weighted by atomic mass is 16.6. The number of nitrogens with zero attached hydrogens (tertiary/aromatic N) is 2. The molecule has 0 saturated carbocycles. The Morgan fingerprint density at radius 1 is 1.62 bits per heavy atom. The molecule has 1 aromatic heterocycles. The van der Waals surface area contributed by atoms with Crippen molar-refractivity contribution in [3.05, 3.63) is 26.3 Å². The van der Waals surface area contributed by atoms with Crippen molar-refractivity contribution in [2.75, 3.05) is 5.73 Å². The molecule has 0 aliphatic heterocycles. The lowest BCUT2D eigenvalue weighted by Crippen LogP contribution is -2.19. The van der Waals surface area contributed by atoms with Gasteiger partial charge in [0.05, 0.1) is 11.5 Å². The van der Waals surface area contributed by atoms with Crippen LogP contribution in [-0.4, -0.2) is 14.9 Å². The van der Waals surface area contributed by atoms with E-state index in [0.29, 0.717) is 0 Å². The summed E-state index contributed by atoms with van der Waals surface area (Å²) in [4.78, 5) is 26.0. The summed E-state index contributed by atoms with van der Waals surface area (Å²) < 4.78 is 0. The summed E-state index contributed by atoms with van der Waals surface area (Å²) in [7, 11) is 0. The Balaban J connectivity index is 3.40. The van der Waals surface area contributed by atoms with Crippen LogP contribution in [0.3, 0.4) is 0 Å². The summed E-state index contributed by atoms with van der Waals surface area (Å²) in [5.74, 6) is -0.303. The van der Waals surface area contributed by atoms with Crippen LogP contribution < -0.4 is 17.0 Å². The summed E-state index contributed by atoms with van der Waals surface area (Å²) in [6, 6.07) is 0. The predicted molar refractivity (Wildman–Crippen MR) is 43.8 cm³/mol. The number of aromatic amines is 1. The normalized spacial score (nSPS) is 9.92. The zero-order valence-corrected chi connectivity index (χ0v) is 6.48. The smallest absolute Gasteiger partial charge is 0.375 e. The Morgan fingerprint density at radius 2 is 2.23 bits per heavy atom. The van der Waals surface area contributed by atoms with Crippen LogP contribution in [0.2, 0.25) is 0 Å². The highest BCUT2D eigenvalue weighted by Crippen LogP contribution is 2.10. The Morgan fingerprint density at radius 3 is 2.62 bits per heavy atom. The van der Waals surface area contributed by atoms with Crippen molar-refractivity contribution in [3.8, 4) is 0 Å². The SMILES string of the molecule is NCc1nc(N)c([N+](=O)[O-])c(=O)[nH]1. The van der Waals surface area contributed by atoms with Gasteiger partial charge in [-0.1, -0.05) is 0 Å². The first-order chi connectivity index (χ1) is 6.06. The number of hydrogen-bond acceptors (Lipinski definition) is 6. The van der Waals surface area contributed by atoms with Crippen molar-refractivity contribution in [2.24, 2.45) is 5.73 Å². The molecule has 70 valence electrons. The maximum atomic E-state index is 11.0. The third kappa shape index (κ3) is 1.62. The van der Waals surface area contributed by atoms with Gasteiger partial charge in [-0.05, 0) is 0 Å². The average molecular weight is 185 g/mol.